The lowest BCUT2D eigenvalue weighted by atomic mass is 10.3. The van der Waals surface area contributed by atoms with Crippen molar-refractivity contribution in [2.75, 3.05) is 23.3 Å². The van der Waals surface area contributed by atoms with Crippen molar-refractivity contribution in [3.8, 4) is 11.5 Å². The lowest BCUT2D eigenvalue weighted by Gasteiger charge is -2.11. The van der Waals surface area contributed by atoms with Gasteiger partial charge in [-0.25, -0.2) is 8.42 Å². The Morgan fingerprint density at radius 1 is 0.879 bits per heavy atom. The number of sulfonamides is 1. The lowest BCUT2D eigenvalue weighted by molar-refractivity contribution is -0.384. The Bertz CT molecular complexity index is 1210. The lowest BCUT2D eigenvalue weighted by Crippen LogP contribution is -2.20. The average Bonchev–Trinajstić information content (AvgIpc) is 2.79. The van der Waals surface area contributed by atoms with Crippen LogP contribution in [0.4, 0.5) is 17.1 Å². The third-order valence-corrected chi connectivity index (χ3v) is 5.68. The van der Waals surface area contributed by atoms with Gasteiger partial charge in [-0.2, -0.15) is 0 Å². The number of amides is 1. The Morgan fingerprint density at radius 2 is 1.42 bits per heavy atom. The molecule has 0 radical (unpaired) electrons. The van der Waals surface area contributed by atoms with Crippen LogP contribution in [0.5, 0.6) is 11.5 Å². The SMILES string of the molecule is CCOc1ccc(NS(=O)(=O)c2ccc(NC(=O)COc3ccc([N+](=O)[O-])cc3)cc2)cc1. The fourth-order valence-electron chi connectivity index (χ4n) is 2.73. The zero-order chi connectivity index (χ0) is 23.8. The van der Waals surface area contributed by atoms with Gasteiger partial charge in [0.25, 0.3) is 21.6 Å². The Hall–Kier alpha value is -4.12. The van der Waals surface area contributed by atoms with Gasteiger partial charge in [-0.3, -0.25) is 19.6 Å². The second kappa shape index (κ2) is 10.5. The van der Waals surface area contributed by atoms with Crippen LogP contribution < -0.4 is 19.5 Å². The molecule has 0 bridgehead atoms. The molecule has 172 valence electrons. The van der Waals surface area contributed by atoms with Crippen LogP contribution in [0.2, 0.25) is 0 Å². The minimum Gasteiger partial charge on any atom is -0.494 e. The minimum atomic E-state index is -3.82. The van der Waals surface area contributed by atoms with Gasteiger partial charge in [0.1, 0.15) is 11.5 Å². The largest absolute Gasteiger partial charge is 0.494 e. The maximum absolute atomic E-state index is 12.6. The van der Waals surface area contributed by atoms with Crippen molar-refractivity contribution in [1.82, 2.24) is 0 Å². The Kier molecular flexibility index (Phi) is 7.46. The fraction of sp³-hybridized carbons (Fsp3) is 0.136. The van der Waals surface area contributed by atoms with Crippen LogP contribution in [0.15, 0.2) is 77.7 Å². The molecule has 1 amide bonds. The fourth-order valence-corrected chi connectivity index (χ4v) is 3.79. The summed E-state index contributed by atoms with van der Waals surface area (Å²) in [6.45, 7) is 2.04. The highest BCUT2D eigenvalue weighted by Crippen LogP contribution is 2.21. The second-order valence-corrected chi connectivity index (χ2v) is 8.36. The number of non-ortho nitro benzene ring substituents is 1. The van der Waals surface area contributed by atoms with E-state index in [4.69, 9.17) is 9.47 Å². The van der Waals surface area contributed by atoms with E-state index in [0.29, 0.717) is 29.5 Å². The number of benzene rings is 3. The van der Waals surface area contributed by atoms with E-state index < -0.39 is 20.9 Å². The summed E-state index contributed by atoms with van der Waals surface area (Å²) >= 11 is 0. The highest BCUT2D eigenvalue weighted by atomic mass is 32.2. The van der Waals surface area contributed by atoms with Gasteiger partial charge in [-0.1, -0.05) is 0 Å². The molecule has 0 unspecified atom stereocenters. The average molecular weight is 471 g/mol. The third-order valence-electron chi connectivity index (χ3n) is 4.28. The van der Waals surface area contributed by atoms with Gasteiger partial charge in [0.2, 0.25) is 0 Å². The molecule has 3 aromatic rings. The summed E-state index contributed by atoms with van der Waals surface area (Å²) in [7, 11) is -3.82. The monoisotopic (exact) mass is 471 g/mol. The van der Waals surface area contributed by atoms with Crippen LogP contribution in [-0.4, -0.2) is 32.5 Å². The van der Waals surface area contributed by atoms with E-state index in [9.17, 15) is 23.3 Å². The van der Waals surface area contributed by atoms with Gasteiger partial charge in [0, 0.05) is 23.5 Å². The van der Waals surface area contributed by atoms with Gasteiger partial charge in [0.15, 0.2) is 6.61 Å². The number of anilines is 2. The van der Waals surface area contributed by atoms with Crippen molar-refractivity contribution in [3.05, 3.63) is 82.9 Å². The summed E-state index contributed by atoms with van der Waals surface area (Å²) in [6, 6.07) is 17.5. The van der Waals surface area contributed by atoms with Crippen LogP contribution in [0, 0.1) is 10.1 Å². The van der Waals surface area contributed by atoms with E-state index in [2.05, 4.69) is 10.0 Å². The maximum Gasteiger partial charge on any atom is 0.269 e. The smallest absolute Gasteiger partial charge is 0.269 e. The number of nitrogens with zero attached hydrogens (tertiary/aromatic N) is 1. The molecule has 2 N–H and O–H groups in total. The van der Waals surface area contributed by atoms with Gasteiger partial charge in [-0.05, 0) is 67.6 Å². The molecule has 0 spiro atoms. The molecule has 33 heavy (non-hydrogen) atoms. The Morgan fingerprint density at radius 3 is 2.00 bits per heavy atom. The van der Waals surface area contributed by atoms with Crippen molar-refractivity contribution in [3.63, 3.8) is 0 Å². The first-order valence-corrected chi connectivity index (χ1v) is 11.3. The van der Waals surface area contributed by atoms with E-state index >= 15 is 0 Å². The normalized spacial score (nSPS) is 10.8. The molecule has 3 aromatic carbocycles. The number of nitro benzene ring substituents is 1. The van der Waals surface area contributed by atoms with E-state index in [0.717, 1.165) is 0 Å². The van der Waals surface area contributed by atoms with Gasteiger partial charge in [0.05, 0.1) is 16.4 Å². The van der Waals surface area contributed by atoms with Crippen LogP contribution >= 0.6 is 0 Å². The summed E-state index contributed by atoms with van der Waals surface area (Å²) in [4.78, 5) is 22.2. The zero-order valence-corrected chi connectivity index (χ0v) is 18.4. The molecule has 0 aliphatic rings. The molecule has 10 nitrogen and oxygen atoms in total. The molecule has 0 aliphatic heterocycles. The first-order chi connectivity index (χ1) is 15.8. The quantitative estimate of drug-likeness (QED) is 0.339. The van der Waals surface area contributed by atoms with Crippen LogP contribution in [0.1, 0.15) is 6.92 Å². The minimum absolute atomic E-state index is 0.0245. The number of hydrogen-bond acceptors (Lipinski definition) is 7. The Balaban J connectivity index is 1.55. The van der Waals surface area contributed by atoms with Crippen LogP contribution in [-0.2, 0) is 14.8 Å². The van der Waals surface area contributed by atoms with E-state index in [1.54, 1.807) is 24.3 Å². The molecule has 0 fully saturated rings. The van der Waals surface area contributed by atoms with Gasteiger partial charge in [-0.15, -0.1) is 0 Å². The molecule has 0 aromatic heterocycles. The van der Waals surface area contributed by atoms with Gasteiger partial charge < -0.3 is 14.8 Å². The summed E-state index contributed by atoms with van der Waals surface area (Å²) in [5.74, 6) is 0.465. The summed E-state index contributed by atoms with van der Waals surface area (Å²) in [6.07, 6.45) is 0. The number of nitrogens with one attached hydrogen (secondary N) is 2. The predicted octanol–water partition coefficient (Wildman–Crippen LogP) is 3.81. The first kappa shape index (κ1) is 23.5. The number of hydrogen-bond donors (Lipinski definition) is 2. The van der Waals surface area contributed by atoms with Crippen molar-refractivity contribution < 1.29 is 27.6 Å². The van der Waals surface area contributed by atoms with E-state index in [1.165, 1.54) is 48.5 Å². The third kappa shape index (κ3) is 6.68. The Labute approximate surface area is 190 Å². The topological polar surface area (TPSA) is 137 Å². The van der Waals surface area contributed by atoms with Crippen molar-refractivity contribution >= 4 is 33.0 Å². The second-order valence-electron chi connectivity index (χ2n) is 6.68. The predicted molar refractivity (Wildman–Crippen MR) is 122 cm³/mol. The van der Waals surface area contributed by atoms with E-state index in [1.807, 2.05) is 6.92 Å². The van der Waals surface area contributed by atoms with Crippen LogP contribution in [0.3, 0.4) is 0 Å². The molecular formula is C22H21N3O7S. The molecule has 0 saturated heterocycles. The molecule has 0 aliphatic carbocycles. The number of nitro groups is 1. The molecule has 0 saturated carbocycles. The van der Waals surface area contributed by atoms with Crippen molar-refractivity contribution in [2.24, 2.45) is 0 Å². The van der Waals surface area contributed by atoms with E-state index in [-0.39, 0.29) is 17.2 Å². The molecule has 0 heterocycles. The number of ether oxygens (including phenoxy) is 2. The van der Waals surface area contributed by atoms with Crippen LogP contribution in [0.25, 0.3) is 0 Å². The molecule has 3 rings (SSSR count). The van der Waals surface area contributed by atoms with Gasteiger partial charge >= 0.3 is 0 Å². The summed E-state index contributed by atoms with van der Waals surface area (Å²) in [5.41, 5.74) is 0.686. The summed E-state index contributed by atoms with van der Waals surface area (Å²) < 4.78 is 38.3. The molecule has 11 heteroatoms. The highest BCUT2D eigenvalue weighted by Gasteiger charge is 2.15. The molecular weight excluding hydrogens is 450 g/mol. The van der Waals surface area contributed by atoms with Crippen molar-refractivity contribution in [1.29, 1.82) is 0 Å². The van der Waals surface area contributed by atoms with Crippen molar-refractivity contribution in [2.45, 2.75) is 11.8 Å². The standard InChI is InChI=1S/C22H21N3O7S/c1-2-31-19-9-3-17(4-10-19)24-33(29,30)21-13-5-16(6-14-21)23-22(26)15-32-20-11-7-18(8-12-20)25(27)28/h3-14,24H,2,15H2,1H3,(H,23,26). The number of rotatable bonds is 10. The number of carbonyl (C=O) groups excluding carboxylic acids is 1. The molecule has 0 atom stereocenters. The first-order valence-electron chi connectivity index (χ1n) is 9.79. The number of carbonyl (C=O) groups is 1. The summed E-state index contributed by atoms with van der Waals surface area (Å²) in [5, 5.41) is 13.2. The maximum atomic E-state index is 12.6. The zero-order valence-electron chi connectivity index (χ0n) is 17.6. The highest BCUT2D eigenvalue weighted by molar-refractivity contribution is 7.92.